The highest BCUT2D eigenvalue weighted by atomic mass is 19.1. The smallest absolute Gasteiger partial charge is 0.259 e. The third-order valence-electron chi connectivity index (χ3n) is 4.13. The quantitative estimate of drug-likeness (QED) is 0.855. The van der Waals surface area contributed by atoms with Crippen LogP contribution in [0.2, 0.25) is 0 Å². The molecule has 1 fully saturated rings. The van der Waals surface area contributed by atoms with E-state index in [1.165, 1.54) is 25.3 Å². The van der Waals surface area contributed by atoms with Gasteiger partial charge in [-0.15, -0.1) is 0 Å². The molecule has 1 atom stereocenters. The van der Waals surface area contributed by atoms with E-state index in [0.29, 0.717) is 16.9 Å². The Kier molecular flexibility index (Phi) is 4.89. The summed E-state index contributed by atoms with van der Waals surface area (Å²) in [6, 6.07) is 4.36. The topological polar surface area (TPSA) is 79.6 Å². The number of amides is 1. The molecule has 2 heterocycles. The van der Waals surface area contributed by atoms with Gasteiger partial charge in [0.15, 0.2) is 23.1 Å². The first kappa shape index (κ1) is 17.2. The Balaban J connectivity index is 2.00. The highest BCUT2D eigenvalue weighted by Gasteiger charge is 2.28. The molecule has 0 saturated carbocycles. The Morgan fingerprint density at radius 2 is 2.28 bits per heavy atom. The molecule has 1 aliphatic heterocycles. The number of nitrogens with one attached hydrogen (secondary N) is 2. The minimum Gasteiger partial charge on any atom is -0.494 e. The van der Waals surface area contributed by atoms with Crippen LogP contribution in [0.3, 0.4) is 0 Å². The van der Waals surface area contributed by atoms with Crippen molar-refractivity contribution in [2.24, 2.45) is 0 Å². The number of nitrogens with zero attached hydrogens (tertiary/aromatic N) is 2. The molecular weight excluding hydrogens is 327 g/mol. The molecule has 0 bridgehead atoms. The summed E-state index contributed by atoms with van der Waals surface area (Å²) in [5, 5.41) is 10.2. The number of carbonyl (C=O) groups excluding carboxylic acids is 1. The van der Waals surface area contributed by atoms with Crippen molar-refractivity contribution in [2.75, 3.05) is 39.2 Å². The summed E-state index contributed by atoms with van der Waals surface area (Å²) < 4.78 is 24.1. The number of methoxy groups -OCH3 is 1. The lowest BCUT2D eigenvalue weighted by Gasteiger charge is -2.14. The molecule has 7 nitrogen and oxygen atoms in total. The minimum absolute atomic E-state index is 0.0630. The van der Waals surface area contributed by atoms with Crippen LogP contribution in [0.1, 0.15) is 16.8 Å². The fraction of sp³-hybridized carbons (Fsp3) is 0.412. The van der Waals surface area contributed by atoms with Crippen molar-refractivity contribution in [1.82, 2.24) is 15.8 Å². The summed E-state index contributed by atoms with van der Waals surface area (Å²) in [5.74, 6) is 0.0254. The molecule has 1 saturated heterocycles. The summed E-state index contributed by atoms with van der Waals surface area (Å²) in [5.41, 5.74) is 0.846. The molecule has 134 valence electrons. The minimum atomic E-state index is -0.485. The maximum absolute atomic E-state index is 13.7. The molecule has 0 spiro atoms. The number of anilines is 1. The first-order valence-electron chi connectivity index (χ1n) is 8.03. The maximum Gasteiger partial charge on any atom is 0.259 e. The number of benzene rings is 1. The molecule has 1 aliphatic rings. The van der Waals surface area contributed by atoms with Crippen LogP contribution in [-0.4, -0.2) is 51.4 Å². The van der Waals surface area contributed by atoms with Gasteiger partial charge < -0.3 is 24.8 Å². The predicted octanol–water partition coefficient (Wildman–Crippen LogP) is 1.65. The van der Waals surface area contributed by atoms with E-state index < -0.39 is 5.82 Å². The standard InChI is InChI=1S/C17H21FN4O3/c1-22(2)16-14(17(23)20-11-6-7-19-9-11)15(25-21-16)10-4-5-12(18)13(8-10)24-3/h4-5,8,11,19H,6-7,9H2,1-3H3,(H,20,23)/t11-/m1/s1. The van der Waals surface area contributed by atoms with Crippen molar-refractivity contribution in [1.29, 1.82) is 0 Å². The second-order valence-corrected chi connectivity index (χ2v) is 6.12. The van der Waals surface area contributed by atoms with E-state index >= 15 is 0 Å². The molecular formula is C17H21FN4O3. The lowest BCUT2D eigenvalue weighted by molar-refractivity contribution is 0.0941. The molecule has 3 rings (SSSR count). The van der Waals surface area contributed by atoms with Gasteiger partial charge in [0.25, 0.3) is 5.91 Å². The lowest BCUT2D eigenvalue weighted by atomic mass is 10.1. The summed E-state index contributed by atoms with van der Waals surface area (Å²) >= 11 is 0. The fourth-order valence-electron chi connectivity index (χ4n) is 2.83. The third kappa shape index (κ3) is 3.43. The van der Waals surface area contributed by atoms with Gasteiger partial charge in [-0.1, -0.05) is 5.16 Å². The van der Waals surface area contributed by atoms with Crippen molar-refractivity contribution in [2.45, 2.75) is 12.5 Å². The number of halogens is 1. The largest absolute Gasteiger partial charge is 0.494 e. The number of rotatable bonds is 5. The first-order chi connectivity index (χ1) is 12.0. The van der Waals surface area contributed by atoms with Crippen LogP contribution < -0.4 is 20.3 Å². The Hall–Kier alpha value is -2.61. The number of hydrogen-bond acceptors (Lipinski definition) is 6. The average Bonchev–Trinajstić information content (AvgIpc) is 3.24. The molecule has 2 N–H and O–H groups in total. The molecule has 1 aromatic heterocycles. The zero-order chi connectivity index (χ0) is 18.0. The van der Waals surface area contributed by atoms with E-state index in [-0.39, 0.29) is 23.5 Å². The van der Waals surface area contributed by atoms with E-state index in [0.717, 1.165) is 19.5 Å². The van der Waals surface area contributed by atoms with Crippen LogP contribution >= 0.6 is 0 Å². The van der Waals surface area contributed by atoms with Gasteiger partial charge >= 0.3 is 0 Å². The van der Waals surface area contributed by atoms with Crippen molar-refractivity contribution < 1.29 is 18.4 Å². The third-order valence-corrected chi connectivity index (χ3v) is 4.13. The molecule has 1 aromatic carbocycles. The Labute approximate surface area is 145 Å². The van der Waals surface area contributed by atoms with Crippen molar-refractivity contribution in [3.8, 4) is 17.1 Å². The summed E-state index contributed by atoms with van der Waals surface area (Å²) in [7, 11) is 4.94. The van der Waals surface area contributed by atoms with Crippen LogP contribution in [0, 0.1) is 5.82 Å². The molecule has 0 radical (unpaired) electrons. The Morgan fingerprint density at radius 1 is 1.48 bits per heavy atom. The van der Waals surface area contributed by atoms with E-state index in [1.54, 1.807) is 19.0 Å². The first-order valence-corrected chi connectivity index (χ1v) is 8.03. The average molecular weight is 348 g/mol. The van der Waals surface area contributed by atoms with Crippen LogP contribution in [0.25, 0.3) is 11.3 Å². The van der Waals surface area contributed by atoms with Gasteiger partial charge in [0.05, 0.1) is 7.11 Å². The van der Waals surface area contributed by atoms with Crippen LogP contribution in [0.5, 0.6) is 5.75 Å². The van der Waals surface area contributed by atoms with E-state index in [9.17, 15) is 9.18 Å². The fourth-order valence-corrected chi connectivity index (χ4v) is 2.83. The normalized spacial score (nSPS) is 16.7. The van der Waals surface area contributed by atoms with Crippen LogP contribution in [-0.2, 0) is 0 Å². The zero-order valence-electron chi connectivity index (χ0n) is 14.4. The molecule has 2 aromatic rings. The van der Waals surface area contributed by atoms with Crippen molar-refractivity contribution >= 4 is 11.7 Å². The van der Waals surface area contributed by atoms with Crippen LogP contribution in [0.4, 0.5) is 10.2 Å². The van der Waals surface area contributed by atoms with E-state index in [1.807, 2.05) is 0 Å². The molecule has 8 heteroatoms. The second kappa shape index (κ2) is 7.10. The van der Waals surface area contributed by atoms with E-state index in [2.05, 4.69) is 15.8 Å². The molecule has 25 heavy (non-hydrogen) atoms. The van der Waals surface area contributed by atoms with Gasteiger partial charge in [0.2, 0.25) is 0 Å². The number of ether oxygens (including phenoxy) is 1. The molecule has 0 aliphatic carbocycles. The van der Waals surface area contributed by atoms with Gasteiger partial charge in [-0.05, 0) is 31.2 Å². The lowest BCUT2D eigenvalue weighted by Crippen LogP contribution is -2.36. The summed E-state index contributed by atoms with van der Waals surface area (Å²) in [6.45, 7) is 1.60. The van der Waals surface area contributed by atoms with Gasteiger partial charge in [0, 0.05) is 32.2 Å². The van der Waals surface area contributed by atoms with E-state index in [4.69, 9.17) is 9.26 Å². The monoisotopic (exact) mass is 348 g/mol. The molecule has 0 unspecified atom stereocenters. The predicted molar refractivity (Wildman–Crippen MR) is 91.5 cm³/mol. The summed E-state index contributed by atoms with van der Waals surface area (Å²) in [6.07, 6.45) is 0.869. The maximum atomic E-state index is 13.7. The van der Waals surface area contributed by atoms with Crippen molar-refractivity contribution in [3.63, 3.8) is 0 Å². The molecule has 1 amide bonds. The second-order valence-electron chi connectivity index (χ2n) is 6.12. The van der Waals surface area contributed by atoms with Gasteiger partial charge in [-0.25, -0.2) is 4.39 Å². The van der Waals surface area contributed by atoms with Crippen LogP contribution in [0.15, 0.2) is 22.7 Å². The number of carbonyl (C=O) groups is 1. The van der Waals surface area contributed by atoms with Gasteiger partial charge in [0.1, 0.15) is 5.56 Å². The highest BCUT2D eigenvalue weighted by molar-refractivity contribution is 6.04. The number of hydrogen-bond donors (Lipinski definition) is 2. The zero-order valence-corrected chi connectivity index (χ0v) is 14.4. The van der Waals surface area contributed by atoms with Gasteiger partial charge in [-0.2, -0.15) is 0 Å². The summed E-state index contributed by atoms with van der Waals surface area (Å²) in [4.78, 5) is 14.5. The van der Waals surface area contributed by atoms with Crippen molar-refractivity contribution in [3.05, 3.63) is 29.6 Å². The SMILES string of the molecule is COc1cc(-c2onc(N(C)C)c2C(=O)N[C@@H]2CCNC2)ccc1F. The Morgan fingerprint density at radius 3 is 2.92 bits per heavy atom. The Bertz CT molecular complexity index is 769. The highest BCUT2D eigenvalue weighted by Crippen LogP contribution is 2.33. The van der Waals surface area contributed by atoms with Gasteiger partial charge in [-0.3, -0.25) is 4.79 Å². The number of aromatic nitrogens is 1.